The fraction of sp³-hybridized carbons (Fsp3) is 0. The molecule has 0 aliphatic carbocycles. The summed E-state index contributed by atoms with van der Waals surface area (Å²) in [5, 5.41) is 17.0. The zero-order valence-electron chi connectivity index (χ0n) is 4.06. The standard InChI is InChI=1S/C2H3NO2.H3NOSi/c4-2-1-3-5;2-1-3/h1-2,5H;2H,3H2. The summed E-state index contributed by atoms with van der Waals surface area (Å²) in [4.78, 5) is 11.6. The van der Waals surface area contributed by atoms with Crippen molar-refractivity contribution in [2.45, 2.75) is 0 Å². The molecule has 8 heavy (non-hydrogen) atoms. The SMILES string of the molecule is O=CC=NO.ON=[SiH2]. The Kier molecular flexibility index (Phi) is 21.0. The Balaban J connectivity index is 0. The third-order valence-electron chi connectivity index (χ3n) is 0.128. The van der Waals surface area contributed by atoms with Gasteiger partial charge in [-0.15, -0.1) is 0 Å². The minimum atomic E-state index is 0.389. The Morgan fingerprint density at radius 2 is 1.88 bits per heavy atom. The van der Waals surface area contributed by atoms with E-state index in [1.165, 1.54) is 0 Å². The summed E-state index contributed by atoms with van der Waals surface area (Å²) in [5.41, 5.74) is 0. The van der Waals surface area contributed by atoms with Gasteiger partial charge in [-0.25, -0.2) is 0 Å². The van der Waals surface area contributed by atoms with Gasteiger partial charge >= 0.3 is 0 Å². The van der Waals surface area contributed by atoms with Gasteiger partial charge in [0.25, 0.3) is 0 Å². The lowest BCUT2D eigenvalue weighted by molar-refractivity contribution is -0.102. The molecule has 0 aromatic heterocycles. The number of rotatable bonds is 1. The van der Waals surface area contributed by atoms with Crippen LogP contribution in [0, 0.1) is 0 Å². The molecule has 0 aliphatic heterocycles. The number of oxime groups is 1. The summed E-state index contributed by atoms with van der Waals surface area (Å²) in [5.74, 6) is 0. The first kappa shape index (κ1) is 10.0. The van der Waals surface area contributed by atoms with Gasteiger partial charge in [-0.05, 0) is 0 Å². The van der Waals surface area contributed by atoms with E-state index in [1.807, 2.05) is 0 Å². The molecule has 5 nitrogen and oxygen atoms in total. The second kappa shape index (κ2) is 16.7. The van der Waals surface area contributed by atoms with Crippen LogP contribution in [0.5, 0.6) is 0 Å². The lowest BCUT2D eigenvalue weighted by Gasteiger charge is -1.54. The average Bonchev–Trinajstić information content (AvgIpc) is 1.71. The van der Waals surface area contributed by atoms with E-state index in [-0.39, 0.29) is 0 Å². The Labute approximate surface area is 48.7 Å². The Bertz CT molecular complexity index is 83.4. The molecular weight excluding hydrogens is 128 g/mol. The van der Waals surface area contributed by atoms with Crippen LogP contribution in [-0.2, 0) is 4.79 Å². The number of hydrogen-bond acceptors (Lipinski definition) is 5. The molecule has 0 saturated heterocycles. The molecule has 0 heterocycles. The summed E-state index contributed by atoms with van der Waals surface area (Å²) in [6.07, 6.45) is 1.14. The number of aldehydes is 1. The summed E-state index contributed by atoms with van der Waals surface area (Å²) in [7, 11) is 1.15. The van der Waals surface area contributed by atoms with Gasteiger partial charge in [0.2, 0.25) is 0 Å². The Morgan fingerprint density at radius 3 is 1.88 bits per heavy atom. The van der Waals surface area contributed by atoms with Crippen molar-refractivity contribution < 1.29 is 15.2 Å². The zero-order valence-corrected chi connectivity index (χ0v) is 5.47. The van der Waals surface area contributed by atoms with Gasteiger partial charge in [0.1, 0.15) is 16.2 Å². The average molecular weight is 134 g/mol. The van der Waals surface area contributed by atoms with Crippen LogP contribution < -0.4 is 0 Å². The Hall–Kier alpha value is -1.04. The number of carbonyl (C=O) groups excluding carboxylic acids is 1. The van der Waals surface area contributed by atoms with Crippen LogP contribution in [-0.4, -0.2) is 33.0 Å². The number of hydrogen-bond donors (Lipinski definition) is 2. The maximum Gasteiger partial charge on any atom is 0.164 e. The van der Waals surface area contributed by atoms with Crippen LogP contribution in [0.4, 0.5) is 0 Å². The first-order valence-electron chi connectivity index (χ1n) is 1.54. The summed E-state index contributed by atoms with van der Waals surface area (Å²) < 4.78 is 0. The summed E-state index contributed by atoms with van der Waals surface area (Å²) in [6.45, 7) is 0. The monoisotopic (exact) mass is 134 g/mol. The molecule has 0 atom stereocenters. The molecule has 0 aromatic rings. The smallest absolute Gasteiger partial charge is 0.164 e. The predicted molar refractivity (Wildman–Crippen MR) is 29.1 cm³/mol. The van der Waals surface area contributed by atoms with Crippen molar-refractivity contribution in [1.82, 2.24) is 0 Å². The molecule has 0 radical (unpaired) electrons. The lowest BCUT2D eigenvalue weighted by atomic mass is 10.9. The number of carbonyl (C=O) groups is 1. The molecule has 2 N–H and O–H groups in total. The summed E-state index contributed by atoms with van der Waals surface area (Å²) >= 11 is 0. The van der Waals surface area contributed by atoms with Gasteiger partial charge in [0.05, 0.1) is 0 Å². The molecule has 0 bridgehead atoms. The zero-order chi connectivity index (χ0) is 6.83. The van der Waals surface area contributed by atoms with Gasteiger partial charge in [0, 0.05) is 0 Å². The maximum absolute atomic E-state index is 9.10. The molecule has 0 unspecified atom stereocenters. The fourth-order valence-electron chi connectivity index (χ4n) is 0.0272. The van der Waals surface area contributed by atoms with E-state index in [1.54, 1.807) is 0 Å². The molecule has 0 fully saturated rings. The van der Waals surface area contributed by atoms with Gasteiger partial charge in [-0.3, -0.25) is 4.79 Å². The van der Waals surface area contributed by atoms with Gasteiger partial charge in [0.15, 0.2) is 6.29 Å². The van der Waals surface area contributed by atoms with E-state index in [0.29, 0.717) is 6.29 Å². The largest absolute Gasteiger partial charge is 0.422 e. The first-order chi connectivity index (χ1) is 3.83. The normalized spacial score (nSPS) is 7.00. The highest BCUT2D eigenvalue weighted by Crippen LogP contribution is 1.36. The van der Waals surface area contributed by atoms with Crippen molar-refractivity contribution in [1.29, 1.82) is 0 Å². The van der Waals surface area contributed by atoms with E-state index in [4.69, 9.17) is 15.2 Å². The molecule has 0 saturated carbocycles. The molecular formula is C2H6N2O3Si. The van der Waals surface area contributed by atoms with E-state index in [2.05, 4.69) is 9.95 Å². The predicted octanol–water partition coefficient (Wildman–Crippen LogP) is -1.16. The molecule has 6 heteroatoms. The first-order valence-corrected chi connectivity index (χ1v) is 2.18. The third-order valence-corrected chi connectivity index (χ3v) is 0.128. The van der Waals surface area contributed by atoms with Gasteiger partial charge in [-0.2, -0.15) is 4.80 Å². The van der Waals surface area contributed by atoms with Crippen molar-refractivity contribution in [2.24, 2.45) is 9.95 Å². The molecule has 0 amide bonds. The van der Waals surface area contributed by atoms with Crippen molar-refractivity contribution in [3.8, 4) is 0 Å². The van der Waals surface area contributed by atoms with E-state index in [0.717, 1.165) is 16.2 Å². The van der Waals surface area contributed by atoms with E-state index < -0.39 is 0 Å². The van der Waals surface area contributed by atoms with Crippen molar-refractivity contribution in [3.05, 3.63) is 0 Å². The minimum absolute atomic E-state index is 0.389. The summed E-state index contributed by atoms with van der Waals surface area (Å²) in [6, 6.07) is 0. The highest BCUT2D eigenvalue weighted by Gasteiger charge is 1.51. The van der Waals surface area contributed by atoms with Crippen molar-refractivity contribution in [3.63, 3.8) is 0 Å². The maximum atomic E-state index is 9.10. The van der Waals surface area contributed by atoms with Crippen LogP contribution in [0.1, 0.15) is 0 Å². The topological polar surface area (TPSA) is 82.2 Å². The quantitative estimate of drug-likeness (QED) is 0.156. The van der Waals surface area contributed by atoms with Crippen LogP contribution in [0.25, 0.3) is 0 Å². The van der Waals surface area contributed by atoms with Crippen molar-refractivity contribution in [2.75, 3.05) is 0 Å². The highest BCUT2D eigenvalue weighted by molar-refractivity contribution is 6.12. The van der Waals surface area contributed by atoms with E-state index >= 15 is 0 Å². The molecule has 0 spiro atoms. The fourth-order valence-corrected chi connectivity index (χ4v) is 0.0272. The van der Waals surface area contributed by atoms with Gasteiger partial charge in [-0.1, -0.05) is 5.16 Å². The minimum Gasteiger partial charge on any atom is -0.422 e. The molecule has 0 aliphatic rings. The second-order valence-electron chi connectivity index (χ2n) is 0.542. The van der Waals surface area contributed by atoms with E-state index in [9.17, 15) is 0 Å². The molecule has 0 rings (SSSR count). The highest BCUT2D eigenvalue weighted by atomic mass is 28.1. The van der Waals surface area contributed by atoms with Crippen LogP contribution in [0.2, 0.25) is 0 Å². The second-order valence-corrected chi connectivity index (χ2v) is 0.825. The number of nitrogens with zero attached hydrogens (tertiary/aromatic N) is 2. The Morgan fingerprint density at radius 1 is 1.50 bits per heavy atom. The van der Waals surface area contributed by atoms with Crippen LogP contribution >= 0.6 is 0 Å². The molecule has 0 aromatic carbocycles. The lowest BCUT2D eigenvalue weighted by Crippen LogP contribution is -1.67. The molecule has 46 valence electrons. The van der Waals surface area contributed by atoms with Gasteiger partial charge < -0.3 is 10.4 Å². The third kappa shape index (κ3) is 84.8. The van der Waals surface area contributed by atoms with Crippen LogP contribution in [0.3, 0.4) is 0 Å². The van der Waals surface area contributed by atoms with Crippen LogP contribution in [0.15, 0.2) is 9.95 Å². The van der Waals surface area contributed by atoms with Crippen molar-refractivity contribution >= 4 is 22.5 Å².